The van der Waals surface area contributed by atoms with Crippen LogP contribution in [0, 0.1) is 10.1 Å². The molecule has 1 aromatic carbocycles. The average Bonchev–Trinajstić information content (AvgIpc) is 2.54. The Kier molecular flexibility index (Phi) is 9.71. The van der Waals surface area contributed by atoms with Crippen LogP contribution < -0.4 is 4.31 Å². The lowest BCUT2D eigenvalue weighted by molar-refractivity contribution is -0.384. The van der Waals surface area contributed by atoms with Crippen molar-refractivity contribution in [2.45, 2.75) is 44.6 Å². The average molecular weight is 424 g/mol. The predicted molar refractivity (Wildman–Crippen MR) is 97.7 cm³/mol. The Morgan fingerprint density at radius 2 is 1.54 bits per heavy atom. The number of hydrogen-bond donors (Lipinski definition) is 0. The first-order valence-corrected chi connectivity index (χ1v) is 9.51. The van der Waals surface area contributed by atoms with Crippen LogP contribution in [-0.4, -0.2) is 30.2 Å². The van der Waals surface area contributed by atoms with Crippen LogP contribution in [-0.2, 0) is 20.9 Å². The van der Waals surface area contributed by atoms with Gasteiger partial charge in [0.05, 0.1) is 4.92 Å². The summed E-state index contributed by atoms with van der Waals surface area (Å²) < 4.78 is 24.6. The number of rotatable bonds is 12. The van der Waals surface area contributed by atoms with Gasteiger partial charge < -0.3 is 4.55 Å². The summed E-state index contributed by atoms with van der Waals surface area (Å²) in [6, 6.07) is 4.54. The molecular weight excluding hydrogens is 407 g/mol. The summed E-state index contributed by atoms with van der Waals surface area (Å²) in [5, 5.41) is 9.69. The number of carbonyl (C=O) groups excluding carboxylic acids is 2. The van der Waals surface area contributed by atoms with Crippen molar-refractivity contribution >= 4 is 56.3 Å². The highest BCUT2D eigenvalue weighted by atomic mass is 35.5. The first-order valence-electron chi connectivity index (χ1n) is 7.72. The minimum Gasteiger partial charge on any atom is -0.755 e. The second-order valence-corrected chi connectivity index (χ2v) is 7.14. The van der Waals surface area contributed by atoms with E-state index >= 15 is 0 Å². The van der Waals surface area contributed by atoms with E-state index in [1.165, 1.54) is 24.3 Å². The molecule has 0 fully saturated rings. The number of nitro benzene ring substituents is 1. The molecule has 0 spiro atoms. The predicted octanol–water partition coefficient (Wildman–Crippen LogP) is 3.44. The summed E-state index contributed by atoms with van der Waals surface area (Å²) in [6.07, 6.45) is 1.57. The zero-order valence-electron chi connectivity index (χ0n) is 13.6. The van der Waals surface area contributed by atoms with Gasteiger partial charge in [0.25, 0.3) is 5.69 Å². The topological polar surface area (TPSA) is 121 Å². The second kappa shape index (κ2) is 11.2. The molecule has 0 heterocycles. The summed E-state index contributed by atoms with van der Waals surface area (Å²) in [6.45, 7) is 0. The minimum absolute atomic E-state index is 0.0894. The van der Waals surface area contributed by atoms with Crippen molar-refractivity contribution < 1.29 is 23.3 Å². The maximum absolute atomic E-state index is 11.8. The summed E-state index contributed by atoms with van der Waals surface area (Å²) in [7, 11) is 0. The molecule has 26 heavy (non-hydrogen) atoms. The van der Waals surface area contributed by atoms with Gasteiger partial charge in [-0.3, -0.25) is 28.2 Å². The van der Waals surface area contributed by atoms with Crippen LogP contribution in [0.3, 0.4) is 0 Å². The van der Waals surface area contributed by atoms with E-state index < -0.39 is 32.7 Å². The molecule has 144 valence electrons. The molecule has 0 aliphatic heterocycles. The van der Waals surface area contributed by atoms with Gasteiger partial charge in [0.15, 0.2) is 0 Å². The molecule has 0 radical (unpaired) electrons. The quantitative estimate of drug-likeness (QED) is 0.219. The van der Waals surface area contributed by atoms with Crippen molar-refractivity contribution in [2.24, 2.45) is 0 Å². The number of carbonyl (C=O) groups is 2. The Hall–Kier alpha value is -1.55. The van der Waals surface area contributed by atoms with Gasteiger partial charge in [-0.1, -0.05) is 0 Å². The lowest BCUT2D eigenvalue weighted by Gasteiger charge is -2.34. The van der Waals surface area contributed by atoms with E-state index in [9.17, 15) is 28.5 Å². The summed E-state index contributed by atoms with van der Waals surface area (Å²) in [5.41, 5.74) is 0.0886. The fourth-order valence-electron chi connectivity index (χ4n) is 2.47. The molecule has 0 bridgehead atoms. The molecule has 0 N–H and O–H groups in total. The van der Waals surface area contributed by atoms with E-state index in [1.807, 2.05) is 0 Å². The Bertz CT molecular complexity index is 651. The van der Waals surface area contributed by atoms with Gasteiger partial charge in [-0.2, -0.15) is 0 Å². The van der Waals surface area contributed by atoms with Gasteiger partial charge in [-0.25, -0.2) is 0 Å². The molecule has 11 heteroatoms. The Balaban J connectivity index is 2.99. The molecule has 1 atom stereocenters. The SMILES string of the molecule is O=C(Cl)CCCC(CCCC(=O)Cl)N(c1ccc([N+](=O)[O-])cc1)S(=O)[O-]. The number of anilines is 1. The zero-order chi connectivity index (χ0) is 19.7. The fourth-order valence-corrected chi connectivity index (χ4v) is 3.49. The van der Waals surface area contributed by atoms with Gasteiger partial charge >= 0.3 is 0 Å². The molecule has 0 aromatic heterocycles. The molecule has 0 aliphatic carbocycles. The van der Waals surface area contributed by atoms with Crippen LogP contribution in [0.25, 0.3) is 0 Å². The van der Waals surface area contributed by atoms with Gasteiger partial charge in [0, 0.05) is 48.0 Å². The highest BCUT2D eigenvalue weighted by Crippen LogP contribution is 2.27. The molecule has 1 rings (SSSR count). The van der Waals surface area contributed by atoms with Crippen molar-refractivity contribution in [1.29, 1.82) is 0 Å². The van der Waals surface area contributed by atoms with E-state index in [1.54, 1.807) is 0 Å². The van der Waals surface area contributed by atoms with E-state index in [-0.39, 0.29) is 24.2 Å². The van der Waals surface area contributed by atoms with Gasteiger partial charge in [-0.15, -0.1) is 0 Å². The minimum atomic E-state index is -2.65. The Labute approximate surface area is 163 Å². The van der Waals surface area contributed by atoms with Gasteiger partial charge in [-0.05, 0) is 61.0 Å². The molecule has 1 aromatic rings. The first-order chi connectivity index (χ1) is 12.2. The van der Waals surface area contributed by atoms with Crippen LogP contribution in [0.2, 0.25) is 0 Å². The smallest absolute Gasteiger partial charge is 0.269 e. The molecule has 0 aliphatic rings. The number of nitro groups is 1. The van der Waals surface area contributed by atoms with E-state index in [4.69, 9.17) is 23.2 Å². The lowest BCUT2D eigenvalue weighted by Crippen LogP contribution is -2.37. The standard InChI is InChI=1S/C15H18Cl2N2O6S/c16-14(20)5-1-3-11(4-2-6-15(17)21)18(26(24)25)12-7-9-13(10-8-12)19(22)23/h7-11H,1-6H2,(H,24,25)/p-1. The van der Waals surface area contributed by atoms with Crippen LogP contribution in [0.4, 0.5) is 11.4 Å². The van der Waals surface area contributed by atoms with Crippen molar-refractivity contribution in [3.05, 3.63) is 34.4 Å². The normalized spacial score (nSPS) is 12.0. The molecular formula is C15H17Cl2N2O6S-. The third-order valence-electron chi connectivity index (χ3n) is 3.63. The number of hydrogen-bond acceptors (Lipinski definition) is 6. The summed E-state index contributed by atoms with van der Waals surface area (Å²) >= 11 is 7.97. The van der Waals surface area contributed by atoms with Crippen molar-refractivity contribution in [3.63, 3.8) is 0 Å². The maximum atomic E-state index is 11.8. The monoisotopic (exact) mass is 423 g/mol. The number of benzene rings is 1. The zero-order valence-corrected chi connectivity index (χ0v) is 16.0. The van der Waals surface area contributed by atoms with Gasteiger partial charge in [0.1, 0.15) is 0 Å². The lowest BCUT2D eigenvalue weighted by atomic mass is 10.0. The van der Waals surface area contributed by atoms with Crippen molar-refractivity contribution in [3.8, 4) is 0 Å². The highest BCUT2D eigenvalue weighted by molar-refractivity contribution is 7.80. The Morgan fingerprint density at radius 3 is 1.88 bits per heavy atom. The molecule has 0 saturated heterocycles. The molecule has 1 unspecified atom stereocenters. The number of non-ortho nitro benzene ring substituents is 1. The number of halogens is 2. The number of nitrogens with zero attached hydrogens (tertiary/aromatic N) is 2. The van der Waals surface area contributed by atoms with Gasteiger partial charge in [0.2, 0.25) is 10.5 Å². The third kappa shape index (κ3) is 7.77. The van der Waals surface area contributed by atoms with Crippen LogP contribution in [0.15, 0.2) is 24.3 Å². The maximum Gasteiger partial charge on any atom is 0.269 e. The fraction of sp³-hybridized carbons (Fsp3) is 0.467. The van der Waals surface area contributed by atoms with Crippen molar-refractivity contribution in [1.82, 2.24) is 0 Å². The highest BCUT2D eigenvalue weighted by Gasteiger charge is 2.21. The van der Waals surface area contributed by atoms with Crippen LogP contribution in [0.5, 0.6) is 0 Å². The summed E-state index contributed by atoms with van der Waals surface area (Å²) in [4.78, 5) is 32.0. The van der Waals surface area contributed by atoms with Crippen LogP contribution in [0.1, 0.15) is 38.5 Å². The summed E-state index contributed by atoms with van der Waals surface area (Å²) in [5.74, 6) is 0. The van der Waals surface area contributed by atoms with E-state index in [0.717, 1.165) is 4.31 Å². The third-order valence-corrected chi connectivity index (χ3v) is 4.84. The Morgan fingerprint density at radius 1 is 1.08 bits per heavy atom. The largest absolute Gasteiger partial charge is 0.755 e. The first kappa shape index (κ1) is 22.5. The second-order valence-electron chi connectivity index (χ2n) is 5.46. The van der Waals surface area contributed by atoms with Crippen LogP contribution >= 0.6 is 23.2 Å². The molecule has 8 nitrogen and oxygen atoms in total. The molecule has 0 amide bonds. The van der Waals surface area contributed by atoms with E-state index in [0.29, 0.717) is 25.7 Å². The van der Waals surface area contributed by atoms with E-state index in [2.05, 4.69) is 0 Å². The molecule has 0 saturated carbocycles. The van der Waals surface area contributed by atoms with Crippen molar-refractivity contribution in [2.75, 3.05) is 4.31 Å².